The summed E-state index contributed by atoms with van der Waals surface area (Å²) in [6.45, 7) is 8.06. The Morgan fingerprint density at radius 2 is 1.95 bits per heavy atom. The van der Waals surface area contributed by atoms with E-state index in [1.807, 2.05) is 0 Å². The molecule has 1 saturated carbocycles. The van der Waals surface area contributed by atoms with E-state index >= 15 is 0 Å². The zero-order valence-corrected chi connectivity index (χ0v) is 13.3. The molecule has 4 heteroatoms. The maximum Gasteiger partial charge on any atom is 0.166 e. The Hall–Kier alpha value is -0.350. The summed E-state index contributed by atoms with van der Waals surface area (Å²) in [6.07, 6.45) is 7.97. The van der Waals surface area contributed by atoms with Gasteiger partial charge in [0.05, 0.1) is 0 Å². The topological polar surface area (TPSA) is 27.3 Å². The fraction of sp³-hybridized carbons (Fsp3) is 0.933. The Balaban J connectivity index is 1.61. The molecule has 2 rings (SSSR count). The van der Waals surface area contributed by atoms with Crippen LogP contribution < -0.4 is 10.6 Å². The smallest absolute Gasteiger partial charge is 0.166 e. The van der Waals surface area contributed by atoms with Gasteiger partial charge >= 0.3 is 0 Å². The minimum absolute atomic E-state index is 0.615. The molecule has 1 unspecified atom stereocenters. The molecule has 0 spiro atoms. The first-order valence-electron chi connectivity index (χ1n) is 7.93. The van der Waals surface area contributed by atoms with Crippen molar-refractivity contribution in [2.45, 2.75) is 64.5 Å². The molecule has 1 aliphatic carbocycles. The predicted octanol–water partition coefficient (Wildman–Crippen LogP) is 2.51. The molecule has 2 N–H and O–H groups in total. The number of thiocarbonyl (C=S) groups is 1. The third-order valence-corrected chi connectivity index (χ3v) is 4.80. The maximum atomic E-state index is 5.41. The SMILES string of the molecule is CC(C)N1CCC(CNC(=S)NC2CCCCC2)C1. The Labute approximate surface area is 123 Å². The molecule has 2 fully saturated rings. The highest BCUT2D eigenvalue weighted by molar-refractivity contribution is 7.80. The van der Waals surface area contributed by atoms with Gasteiger partial charge in [0.25, 0.3) is 0 Å². The molecule has 1 atom stereocenters. The molecule has 0 radical (unpaired) electrons. The number of nitrogens with zero attached hydrogens (tertiary/aromatic N) is 1. The van der Waals surface area contributed by atoms with E-state index in [4.69, 9.17) is 12.2 Å². The van der Waals surface area contributed by atoms with Gasteiger partial charge in [-0.25, -0.2) is 0 Å². The number of hydrogen-bond donors (Lipinski definition) is 2. The van der Waals surface area contributed by atoms with E-state index < -0.39 is 0 Å². The van der Waals surface area contributed by atoms with Gasteiger partial charge in [0.1, 0.15) is 0 Å². The molecule has 19 heavy (non-hydrogen) atoms. The van der Waals surface area contributed by atoms with Crippen molar-refractivity contribution in [2.24, 2.45) is 5.92 Å². The van der Waals surface area contributed by atoms with Gasteiger partial charge in [-0.2, -0.15) is 0 Å². The van der Waals surface area contributed by atoms with E-state index in [2.05, 4.69) is 29.4 Å². The van der Waals surface area contributed by atoms with Gasteiger partial charge in [-0.1, -0.05) is 19.3 Å². The van der Waals surface area contributed by atoms with Crippen molar-refractivity contribution >= 4 is 17.3 Å². The lowest BCUT2D eigenvalue weighted by Crippen LogP contribution is -2.44. The third-order valence-electron chi connectivity index (χ3n) is 4.54. The molecule has 0 aromatic rings. The van der Waals surface area contributed by atoms with Crippen molar-refractivity contribution in [2.75, 3.05) is 19.6 Å². The maximum absolute atomic E-state index is 5.41. The van der Waals surface area contributed by atoms with E-state index in [9.17, 15) is 0 Å². The lowest BCUT2D eigenvalue weighted by molar-refractivity contribution is 0.265. The van der Waals surface area contributed by atoms with E-state index in [1.165, 1.54) is 51.6 Å². The zero-order valence-electron chi connectivity index (χ0n) is 12.5. The molecule has 0 aromatic carbocycles. The number of likely N-dealkylation sites (tertiary alicyclic amines) is 1. The van der Waals surface area contributed by atoms with Gasteiger partial charge in [-0.15, -0.1) is 0 Å². The summed E-state index contributed by atoms with van der Waals surface area (Å²) in [5.74, 6) is 0.758. The molecule has 0 amide bonds. The summed E-state index contributed by atoms with van der Waals surface area (Å²) in [7, 11) is 0. The van der Waals surface area contributed by atoms with Crippen LogP contribution in [0, 0.1) is 5.92 Å². The van der Waals surface area contributed by atoms with Crippen LogP contribution in [-0.4, -0.2) is 41.7 Å². The van der Waals surface area contributed by atoms with Gasteiger partial charge in [-0.3, -0.25) is 0 Å². The van der Waals surface area contributed by atoms with Crippen molar-refractivity contribution in [1.82, 2.24) is 15.5 Å². The van der Waals surface area contributed by atoms with Gasteiger partial charge in [-0.05, 0) is 57.8 Å². The van der Waals surface area contributed by atoms with Crippen molar-refractivity contribution in [1.29, 1.82) is 0 Å². The third kappa shape index (κ3) is 4.92. The molecule has 110 valence electrons. The molecular formula is C15H29N3S. The number of rotatable bonds is 4. The van der Waals surface area contributed by atoms with Crippen LogP contribution in [0.5, 0.6) is 0 Å². The molecule has 2 aliphatic rings. The molecule has 0 bridgehead atoms. The van der Waals surface area contributed by atoms with Gasteiger partial charge < -0.3 is 15.5 Å². The van der Waals surface area contributed by atoms with E-state index in [-0.39, 0.29) is 0 Å². The number of hydrogen-bond acceptors (Lipinski definition) is 2. The highest BCUT2D eigenvalue weighted by Crippen LogP contribution is 2.18. The van der Waals surface area contributed by atoms with Gasteiger partial charge in [0.2, 0.25) is 0 Å². The van der Waals surface area contributed by atoms with Crippen LogP contribution in [0.2, 0.25) is 0 Å². The Morgan fingerprint density at radius 1 is 1.21 bits per heavy atom. The molecule has 1 heterocycles. The van der Waals surface area contributed by atoms with Crippen LogP contribution >= 0.6 is 12.2 Å². The summed E-state index contributed by atoms with van der Waals surface area (Å²) in [6, 6.07) is 1.29. The van der Waals surface area contributed by atoms with Crippen molar-refractivity contribution in [3.8, 4) is 0 Å². The first-order chi connectivity index (χ1) is 9.15. The lowest BCUT2D eigenvalue weighted by Gasteiger charge is -2.25. The van der Waals surface area contributed by atoms with Gasteiger partial charge in [0.15, 0.2) is 5.11 Å². The van der Waals surface area contributed by atoms with E-state index in [1.54, 1.807) is 0 Å². The largest absolute Gasteiger partial charge is 0.362 e. The normalized spacial score (nSPS) is 25.7. The average molecular weight is 283 g/mol. The highest BCUT2D eigenvalue weighted by Gasteiger charge is 2.24. The Kier molecular flexibility index (Phi) is 5.89. The standard InChI is InChI=1S/C15H29N3S/c1-12(2)18-9-8-13(11-18)10-16-15(19)17-14-6-4-3-5-7-14/h12-14H,3-11H2,1-2H3,(H2,16,17,19). The summed E-state index contributed by atoms with van der Waals surface area (Å²) in [5, 5.41) is 7.78. The van der Waals surface area contributed by atoms with Crippen molar-refractivity contribution < 1.29 is 0 Å². The summed E-state index contributed by atoms with van der Waals surface area (Å²) in [5.41, 5.74) is 0. The van der Waals surface area contributed by atoms with E-state index in [0.29, 0.717) is 12.1 Å². The summed E-state index contributed by atoms with van der Waals surface area (Å²) in [4.78, 5) is 2.56. The zero-order chi connectivity index (χ0) is 13.7. The fourth-order valence-electron chi connectivity index (χ4n) is 3.22. The second-order valence-corrected chi connectivity index (χ2v) is 6.84. The molecule has 0 aromatic heterocycles. The van der Waals surface area contributed by atoms with Crippen LogP contribution in [0.1, 0.15) is 52.4 Å². The minimum atomic E-state index is 0.615. The van der Waals surface area contributed by atoms with Crippen molar-refractivity contribution in [3.05, 3.63) is 0 Å². The Bertz CT molecular complexity index is 287. The molecule has 1 aliphatic heterocycles. The van der Waals surface area contributed by atoms with Crippen molar-refractivity contribution in [3.63, 3.8) is 0 Å². The van der Waals surface area contributed by atoms with Crippen LogP contribution in [-0.2, 0) is 0 Å². The number of nitrogens with one attached hydrogen (secondary N) is 2. The monoisotopic (exact) mass is 283 g/mol. The Morgan fingerprint density at radius 3 is 2.58 bits per heavy atom. The highest BCUT2D eigenvalue weighted by atomic mass is 32.1. The average Bonchev–Trinajstić information content (AvgIpc) is 2.86. The second kappa shape index (κ2) is 7.44. The van der Waals surface area contributed by atoms with E-state index in [0.717, 1.165) is 17.6 Å². The van der Waals surface area contributed by atoms with Crippen LogP contribution in [0.3, 0.4) is 0 Å². The quantitative estimate of drug-likeness (QED) is 0.775. The summed E-state index contributed by atoms with van der Waals surface area (Å²) >= 11 is 5.41. The van der Waals surface area contributed by atoms with Crippen LogP contribution in [0.25, 0.3) is 0 Å². The van der Waals surface area contributed by atoms with Crippen LogP contribution in [0.4, 0.5) is 0 Å². The first-order valence-corrected chi connectivity index (χ1v) is 8.34. The minimum Gasteiger partial charge on any atom is -0.362 e. The first kappa shape index (κ1) is 15.0. The van der Waals surface area contributed by atoms with Gasteiger partial charge in [0, 0.05) is 25.2 Å². The predicted molar refractivity (Wildman–Crippen MR) is 85.4 cm³/mol. The second-order valence-electron chi connectivity index (χ2n) is 6.43. The molecular weight excluding hydrogens is 254 g/mol. The van der Waals surface area contributed by atoms with Crippen LogP contribution in [0.15, 0.2) is 0 Å². The molecule has 3 nitrogen and oxygen atoms in total. The lowest BCUT2D eigenvalue weighted by atomic mass is 9.96. The fourth-order valence-corrected chi connectivity index (χ4v) is 3.47. The summed E-state index contributed by atoms with van der Waals surface area (Å²) < 4.78 is 0. The molecule has 1 saturated heterocycles.